The maximum atomic E-state index is 3.73. The lowest BCUT2D eigenvalue weighted by Crippen LogP contribution is -2.26. The van der Waals surface area contributed by atoms with Crippen LogP contribution in [0.2, 0.25) is 0 Å². The molecule has 0 saturated heterocycles. The van der Waals surface area contributed by atoms with Crippen molar-refractivity contribution in [2.24, 2.45) is 5.92 Å². The first-order valence-electron chi connectivity index (χ1n) is 8.04. The number of hydrogen-bond donors (Lipinski definition) is 1. The van der Waals surface area contributed by atoms with Crippen molar-refractivity contribution in [3.8, 4) is 0 Å². The molecule has 19 heavy (non-hydrogen) atoms. The standard InChI is InChI=1S/C18H31N/c1-4-5-6-7-8-12-15-19-18(16(2)3)17-13-10-9-11-14-17/h9-11,13-14,16,18-19H,4-8,12,15H2,1-3H3. The number of nitrogens with one attached hydrogen (secondary N) is 1. The number of hydrogen-bond acceptors (Lipinski definition) is 1. The first kappa shape index (κ1) is 16.2. The molecule has 0 aliphatic rings. The summed E-state index contributed by atoms with van der Waals surface area (Å²) in [5.74, 6) is 0.641. The summed E-state index contributed by atoms with van der Waals surface area (Å²) in [7, 11) is 0. The van der Waals surface area contributed by atoms with Crippen LogP contribution in [0, 0.1) is 5.92 Å². The van der Waals surface area contributed by atoms with Crippen LogP contribution in [-0.2, 0) is 0 Å². The highest BCUT2D eigenvalue weighted by Gasteiger charge is 2.13. The summed E-state index contributed by atoms with van der Waals surface area (Å²) >= 11 is 0. The van der Waals surface area contributed by atoms with E-state index >= 15 is 0 Å². The zero-order valence-electron chi connectivity index (χ0n) is 13.0. The van der Waals surface area contributed by atoms with Crippen LogP contribution in [-0.4, -0.2) is 6.54 Å². The maximum Gasteiger partial charge on any atom is 0.0343 e. The lowest BCUT2D eigenvalue weighted by atomic mass is 9.96. The Morgan fingerprint density at radius 1 is 0.895 bits per heavy atom. The molecule has 0 aliphatic carbocycles. The van der Waals surface area contributed by atoms with E-state index in [1.165, 1.54) is 44.1 Å². The van der Waals surface area contributed by atoms with Gasteiger partial charge in [0.2, 0.25) is 0 Å². The van der Waals surface area contributed by atoms with Crippen LogP contribution < -0.4 is 5.32 Å². The zero-order chi connectivity index (χ0) is 13.9. The number of benzene rings is 1. The SMILES string of the molecule is CCCCCCCCNC(c1ccccc1)C(C)C. The molecule has 0 radical (unpaired) electrons. The monoisotopic (exact) mass is 261 g/mol. The summed E-state index contributed by atoms with van der Waals surface area (Å²) in [6.07, 6.45) is 8.20. The van der Waals surface area contributed by atoms with Crippen molar-refractivity contribution >= 4 is 0 Å². The maximum absolute atomic E-state index is 3.73. The third-order valence-corrected chi connectivity index (χ3v) is 3.72. The van der Waals surface area contributed by atoms with E-state index in [0.717, 1.165) is 6.54 Å². The molecule has 1 N–H and O–H groups in total. The smallest absolute Gasteiger partial charge is 0.0343 e. The van der Waals surface area contributed by atoms with Gasteiger partial charge in [-0.3, -0.25) is 0 Å². The van der Waals surface area contributed by atoms with Crippen LogP contribution in [0.25, 0.3) is 0 Å². The summed E-state index contributed by atoms with van der Waals surface area (Å²) < 4.78 is 0. The second kappa shape index (κ2) is 10.0. The first-order chi connectivity index (χ1) is 9.25. The molecular weight excluding hydrogens is 230 g/mol. The van der Waals surface area contributed by atoms with Crippen LogP contribution in [0.4, 0.5) is 0 Å². The van der Waals surface area contributed by atoms with E-state index in [0.29, 0.717) is 12.0 Å². The molecule has 0 aliphatic heterocycles. The van der Waals surface area contributed by atoms with Gasteiger partial charge in [-0.15, -0.1) is 0 Å². The Kier molecular flexibility index (Phi) is 8.57. The van der Waals surface area contributed by atoms with E-state index in [1.54, 1.807) is 0 Å². The van der Waals surface area contributed by atoms with Crippen molar-refractivity contribution in [2.45, 2.75) is 65.3 Å². The van der Waals surface area contributed by atoms with Crippen molar-refractivity contribution in [3.05, 3.63) is 35.9 Å². The second-order valence-corrected chi connectivity index (χ2v) is 5.85. The fraction of sp³-hybridized carbons (Fsp3) is 0.667. The normalized spacial score (nSPS) is 12.8. The molecule has 0 saturated carbocycles. The van der Waals surface area contributed by atoms with Crippen LogP contribution in [0.1, 0.15) is 70.9 Å². The van der Waals surface area contributed by atoms with Crippen molar-refractivity contribution in [3.63, 3.8) is 0 Å². The lowest BCUT2D eigenvalue weighted by molar-refractivity contribution is 0.404. The fourth-order valence-corrected chi connectivity index (χ4v) is 2.56. The Morgan fingerprint density at radius 2 is 1.53 bits per heavy atom. The van der Waals surface area contributed by atoms with Gasteiger partial charge in [0, 0.05) is 6.04 Å². The average molecular weight is 261 g/mol. The van der Waals surface area contributed by atoms with Crippen LogP contribution >= 0.6 is 0 Å². The van der Waals surface area contributed by atoms with E-state index in [1.807, 2.05) is 0 Å². The average Bonchev–Trinajstić information content (AvgIpc) is 2.42. The molecule has 1 rings (SSSR count). The molecule has 1 unspecified atom stereocenters. The molecule has 0 amide bonds. The third kappa shape index (κ3) is 6.77. The Labute approximate surface area is 119 Å². The van der Waals surface area contributed by atoms with Gasteiger partial charge in [0.15, 0.2) is 0 Å². The molecular formula is C18H31N. The van der Waals surface area contributed by atoms with Crippen LogP contribution in [0.15, 0.2) is 30.3 Å². The third-order valence-electron chi connectivity index (χ3n) is 3.72. The van der Waals surface area contributed by atoms with E-state index in [-0.39, 0.29) is 0 Å². The second-order valence-electron chi connectivity index (χ2n) is 5.85. The van der Waals surface area contributed by atoms with Gasteiger partial charge in [0.25, 0.3) is 0 Å². The summed E-state index contributed by atoms with van der Waals surface area (Å²) in [5.41, 5.74) is 1.42. The molecule has 1 nitrogen and oxygen atoms in total. The van der Waals surface area contributed by atoms with Crippen molar-refractivity contribution < 1.29 is 0 Å². The van der Waals surface area contributed by atoms with Gasteiger partial charge in [0.05, 0.1) is 0 Å². The minimum absolute atomic E-state index is 0.497. The Bertz CT molecular complexity index is 305. The van der Waals surface area contributed by atoms with Gasteiger partial charge >= 0.3 is 0 Å². The fourth-order valence-electron chi connectivity index (χ4n) is 2.56. The van der Waals surface area contributed by atoms with Crippen molar-refractivity contribution in [2.75, 3.05) is 6.54 Å². The predicted octanol–water partition coefficient (Wildman–Crippen LogP) is 5.33. The lowest BCUT2D eigenvalue weighted by Gasteiger charge is -2.23. The predicted molar refractivity (Wildman–Crippen MR) is 85.4 cm³/mol. The van der Waals surface area contributed by atoms with Gasteiger partial charge in [-0.05, 0) is 24.4 Å². The topological polar surface area (TPSA) is 12.0 Å². The highest BCUT2D eigenvalue weighted by molar-refractivity contribution is 5.19. The summed E-state index contributed by atoms with van der Waals surface area (Å²) in [6, 6.07) is 11.3. The van der Waals surface area contributed by atoms with Crippen molar-refractivity contribution in [1.82, 2.24) is 5.32 Å². The number of rotatable bonds is 10. The zero-order valence-corrected chi connectivity index (χ0v) is 13.0. The Morgan fingerprint density at radius 3 is 2.16 bits per heavy atom. The van der Waals surface area contributed by atoms with Gasteiger partial charge in [-0.25, -0.2) is 0 Å². The van der Waals surface area contributed by atoms with Crippen molar-refractivity contribution in [1.29, 1.82) is 0 Å². The van der Waals surface area contributed by atoms with Gasteiger partial charge in [-0.2, -0.15) is 0 Å². The van der Waals surface area contributed by atoms with Gasteiger partial charge in [-0.1, -0.05) is 83.2 Å². The molecule has 0 spiro atoms. The van der Waals surface area contributed by atoms with E-state index in [9.17, 15) is 0 Å². The quantitative estimate of drug-likeness (QED) is 0.561. The van der Waals surface area contributed by atoms with E-state index in [2.05, 4.69) is 56.4 Å². The molecule has 1 aromatic carbocycles. The first-order valence-corrected chi connectivity index (χ1v) is 8.04. The Balaban J connectivity index is 2.24. The van der Waals surface area contributed by atoms with Crippen LogP contribution in [0.5, 0.6) is 0 Å². The Hall–Kier alpha value is -0.820. The highest BCUT2D eigenvalue weighted by atomic mass is 14.9. The minimum atomic E-state index is 0.497. The van der Waals surface area contributed by atoms with E-state index < -0.39 is 0 Å². The van der Waals surface area contributed by atoms with Crippen LogP contribution in [0.3, 0.4) is 0 Å². The van der Waals surface area contributed by atoms with E-state index in [4.69, 9.17) is 0 Å². The molecule has 0 aromatic heterocycles. The van der Waals surface area contributed by atoms with Gasteiger partial charge in [0.1, 0.15) is 0 Å². The minimum Gasteiger partial charge on any atom is -0.310 e. The summed E-state index contributed by atoms with van der Waals surface area (Å²) in [5, 5.41) is 3.73. The molecule has 108 valence electrons. The summed E-state index contributed by atoms with van der Waals surface area (Å²) in [4.78, 5) is 0. The van der Waals surface area contributed by atoms with Gasteiger partial charge < -0.3 is 5.32 Å². The number of unbranched alkanes of at least 4 members (excludes halogenated alkanes) is 5. The molecule has 0 heterocycles. The molecule has 1 atom stereocenters. The molecule has 1 heteroatoms. The molecule has 1 aromatic rings. The summed E-state index contributed by atoms with van der Waals surface area (Å²) in [6.45, 7) is 8.01. The molecule has 0 fully saturated rings. The largest absolute Gasteiger partial charge is 0.310 e. The highest BCUT2D eigenvalue weighted by Crippen LogP contribution is 2.21. The molecule has 0 bridgehead atoms.